The van der Waals surface area contributed by atoms with Crippen LogP contribution in [-0.2, 0) is 17.9 Å². The van der Waals surface area contributed by atoms with Gasteiger partial charge in [-0.3, -0.25) is 4.79 Å². The van der Waals surface area contributed by atoms with E-state index in [1.807, 2.05) is 0 Å². The van der Waals surface area contributed by atoms with Gasteiger partial charge in [0, 0.05) is 31.6 Å². The second-order valence-electron chi connectivity index (χ2n) is 6.36. The summed E-state index contributed by atoms with van der Waals surface area (Å²) in [6.45, 7) is 5.78. The highest BCUT2D eigenvalue weighted by Crippen LogP contribution is 2.31. The fourth-order valence-corrected chi connectivity index (χ4v) is 2.54. The van der Waals surface area contributed by atoms with Crippen molar-refractivity contribution in [1.82, 2.24) is 4.90 Å². The van der Waals surface area contributed by atoms with Crippen molar-refractivity contribution in [2.24, 2.45) is 11.1 Å². The maximum absolute atomic E-state index is 13.9. The van der Waals surface area contributed by atoms with E-state index in [0.717, 1.165) is 18.4 Å². The smallest absolute Gasteiger partial charge is 0.222 e. The third-order valence-corrected chi connectivity index (χ3v) is 4.13. The van der Waals surface area contributed by atoms with Crippen LogP contribution in [0.5, 0.6) is 0 Å². The Balaban J connectivity index is 2.14. The number of nitrogens with zero attached hydrogens (tertiary/aromatic N) is 1. The van der Waals surface area contributed by atoms with Crippen molar-refractivity contribution in [3.8, 4) is 0 Å². The molecule has 1 heterocycles. The van der Waals surface area contributed by atoms with Crippen LogP contribution in [0.25, 0.3) is 0 Å². The lowest BCUT2D eigenvalue weighted by Crippen LogP contribution is -2.30. The molecule has 1 aliphatic heterocycles. The number of likely N-dealkylation sites (tertiary alicyclic amines) is 1. The molecule has 20 heavy (non-hydrogen) atoms. The summed E-state index contributed by atoms with van der Waals surface area (Å²) in [7, 11) is 0. The fraction of sp³-hybridized carbons (Fsp3) is 0.562. The highest BCUT2D eigenvalue weighted by molar-refractivity contribution is 5.76. The Morgan fingerprint density at radius 1 is 1.35 bits per heavy atom. The van der Waals surface area contributed by atoms with Crippen LogP contribution in [0.1, 0.15) is 44.2 Å². The number of carbonyl (C=O) groups is 1. The van der Waals surface area contributed by atoms with Gasteiger partial charge in [-0.15, -0.1) is 0 Å². The highest BCUT2D eigenvalue weighted by Gasteiger charge is 2.27. The second-order valence-corrected chi connectivity index (χ2v) is 6.36. The van der Waals surface area contributed by atoms with Gasteiger partial charge < -0.3 is 10.6 Å². The van der Waals surface area contributed by atoms with E-state index < -0.39 is 0 Å². The first-order chi connectivity index (χ1) is 9.41. The van der Waals surface area contributed by atoms with Crippen molar-refractivity contribution < 1.29 is 9.18 Å². The van der Waals surface area contributed by atoms with Crippen LogP contribution < -0.4 is 5.73 Å². The number of hydrogen-bond donors (Lipinski definition) is 1. The molecule has 1 aliphatic rings. The van der Waals surface area contributed by atoms with Crippen molar-refractivity contribution in [2.75, 3.05) is 6.54 Å². The molecule has 2 N–H and O–H groups in total. The monoisotopic (exact) mass is 278 g/mol. The van der Waals surface area contributed by atoms with Crippen LogP contribution in [0.4, 0.5) is 4.39 Å². The Kier molecular flexibility index (Phi) is 4.43. The van der Waals surface area contributed by atoms with Gasteiger partial charge in [0.25, 0.3) is 0 Å². The van der Waals surface area contributed by atoms with E-state index in [-0.39, 0.29) is 17.1 Å². The molecule has 1 amide bonds. The molecular weight excluding hydrogens is 255 g/mol. The summed E-state index contributed by atoms with van der Waals surface area (Å²) in [5, 5.41) is 0. The predicted octanol–water partition coefficient (Wildman–Crippen LogP) is 2.82. The van der Waals surface area contributed by atoms with Gasteiger partial charge in [-0.05, 0) is 36.0 Å². The first kappa shape index (κ1) is 15.0. The third-order valence-electron chi connectivity index (χ3n) is 4.13. The molecule has 1 aromatic carbocycles. The van der Waals surface area contributed by atoms with E-state index in [9.17, 15) is 9.18 Å². The zero-order valence-electron chi connectivity index (χ0n) is 12.3. The van der Waals surface area contributed by atoms with Crippen LogP contribution in [-0.4, -0.2) is 17.4 Å². The normalized spacial score (nSPS) is 19.0. The van der Waals surface area contributed by atoms with Crippen LogP contribution in [0.15, 0.2) is 18.2 Å². The fourth-order valence-electron chi connectivity index (χ4n) is 2.54. The Morgan fingerprint density at radius 2 is 2.10 bits per heavy atom. The first-order valence-corrected chi connectivity index (χ1v) is 7.16. The van der Waals surface area contributed by atoms with Crippen molar-refractivity contribution in [3.05, 3.63) is 35.1 Å². The molecule has 1 saturated heterocycles. The molecule has 3 nitrogen and oxygen atoms in total. The Morgan fingerprint density at radius 3 is 2.80 bits per heavy atom. The van der Waals surface area contributed by atoms with Crippen LogP contribution in [0, 0.1) is 11.2 Å². The average Bonchev–Trinajstić information content (AvgIpc) is 2.54. The van der Waals surface area contributed by atoms with Gasteiger partial charge in [-0.1, -0.05) is 19.9 Å². The minimum atomic E-state index is -0.265. The number of hydrogen-bond acceptors (Lipinski definition) is 2. The topological polar surface area (TPSA) is 46.3 Å². The number of amides is 1. The Labute approximate surface area is 120 Å². The van der Waals surface area contributed by atoms with Gasteiger partial charge in [0.05, 0.1) is 0 Å². The van der Waals surface area contributed by atoms with Gasteiger partial charge >= 0.3 is 0 Å². The van der Waals surface area contributed by atoms with E-state index in [4.69, 9.17) is 5.73 Å². The maximum atomic E-state index is 13.9. The minimum absolute atomic E-state index is 0.119. The average molecular weight is 278 g/mol. The summed E-state index contributed by atoms with van der Waals surface area (Å²) < 4.78 is 13.9. The molecule has 0 bridgehead atoms. The molecule has 1 fully saturated rings. The zero-order chi connectivity index (χ0) is 14.8. The molecule has 0 saturated carbocycles. The maximum Gasteiger partial charge on any atom is 0.222 e. The Bertz CT molecular complexity index is 499. The van der Waals surface area contributed by atoms with Crippen molar-refractivity contribution in [1.29, 1.82) is 0 Å². The van der Waals surface area contributed by atoms with Gasteiger partial charge in [0.2, 0.25) is 5.91 Å². The summed E-state index contributed by atoms with van der Waals surface area (Å²) in [5.74, 6) is -0.147. The van der Waals surface area contributed by atoms with Gasteiger partial charge in [0.15, 0.2) is 0 Å². The van der Waals surface area contributed by atoms with E-state index in [1.54, 1.807) is 17.0 Å². The molecule has 0 aromatic heterocycles. The first-order valence-electron chi connectivity index (χ1n) is 7.16. The van der Waals surface area contributed by atoms with Crippen molar-refractivity contribution >= 4 is 5.91 Å². The molecule has 0 aliphatic carbocycles. The second kappa shape index (κ2) is 5.92. The third kappa shape index (κ3) is 3.57. The number of halogens is 1. The number of rotatable bonds is 3. The van der Waals surface area contributed by atoms with Gasteiger partial charge in [-0.2, -0.15) is 0 Å². The van der Waals surface area contributed by atoms with Gasteiger partial charge in [-0.25, -0.2) is 4.39 Å². The summed E-state index contributed by atoms with van der Waals surface area (Å²) >= 11 is 0. The van der Waals surface area contributed by atoms with E-state index >= 15 is 0 Å². The minimum Gasteiger partial charge on any atom is -0.338 e. The summed E-state index contributed by atoms with van der Waals surface area (Å²) in [4.78, 5) is 13.9. The largest absolute Gasteiger partial charge is 0.338 e. The lowest BCUT2D eigenvalue weighted by atomic mass is 9.85. The van der Waals surface area contributed by atoms with Crippen molar-refractivity contribution in [3.63, 3.8) is 0 Å². The SMILES string of the molecule is CC1(C)CCC(=O)N(Cc2cc(CN)ccc2F)CC1. The lowest BCUT2D eigenvalue weighted by molar-refractivity contribution is -0.131. The summed E-state index contributed by atoms with van der Waals surface area (Å²) in [5.41, 5.74) is 7.22. The van der Waals surface area contributed by atoms with Crippen LogP contribution in [0.3, 0.4) is 0 Å². The molecule has 4 heteroatoms. The molecule has 0 spiro atoms. The quantitative estimate of drug-likeness (QED) is 0.924. The molecule has 110 valence electrons. The van der Waals surface area contributed by atoms with Crippen LogP contribution in [0.2, 0.25) is 0 Å². The standard InChI is InChI=1S/C16H23FN2O/c1-16(2)6-5-15(20)19(8-7-16)11-13-9-12(10-18)3-4-14(13)17/h3-4,9H,5-8,10-11,18H2,1-2H3. The molecule has 0 unspecified atom stereocenters. The van der Waals surface area contributed by atoms with E-state index in [0.29, 0.717) is 31.6 Å². The van der Waals surface area contributed by atoms with Crippen molar-refractivity contribution in [2.45, 2.75) is 46.2 Å². The summed E-state index contributed by atoms with van der Waals surface area (Å²) in [6, 6.07) is 4.88. The van der Waals surface area contributed by atoms with Crippen LogP contribution >= 0.6 is 0 Å². The molecule has 0 atom stereocenters. The lowest BCUT2D eigenvalue weighted by Gasteiger charge is -2.23. The highest BCUT2D eigenvalue weighted by atomic mass is 19.1. The number of nitrogens with two attached hydrogens (primary N) is 1. The zero-order valence-corrected chi connectivity index (χ0v) is 12.3. The molecule has 0 radical (unpaired) electrons. The number of carbonyl (C=O) groups excluding carboxylic acids is 1. The molecule has 1 aromatic rings. The molecule has 2 rings (SSSR count). The summed E-state index contributed by atoms with van der Waals surface area (Å²) in [6.07, 6.45) is 2.40. The Hall–Kier alpha value is -1.42. The predicted molar refractivity (Wildman–Crippen MR) is 77.3 cm³/mol. The van der Waals surface area contributed by atoms with E-state index in [1.165, 1.54) is 6.07 Å². The number of benzene rings is 1. The molecular formula is C16H23FN2O. The van der Waals surface area contributed by atoms with E-state index in [2.05, 4.69) is 13.8 Å². The van der Waals surface area contributed by atoms with Gasteiger partial charge in [0.1, 0.15) is 5.82 Å².